The van der Waals surface area contributed by atoms with E-state index in [1.807, 2.05) is 13.0 Å². The predicted molar refractivity (Wildman–Crippen MR) is 110 cm³/mol. The quantitative estimate of drug-likeness (QED) is 0.335. The van der Waals surface area contributed by atoms with E-state index >= 15 is 0 Å². The van der Waals surface area contributed by atoms with Gasteiger partial charge < -0.3 is 9.47 Å². The van der Waals surface area contributed by atoms with Gasteiger partial charge in [0.05, 0.1) is 17.6 Å². The van der Waals surface area contributed by atoms with Gasteiger partial charge in [-0.25, -0.2) is 4.79 Å². The minimum atomic E-state index is -0.461. The number of hydrogen-bond donors (Lipinski definition) is 0. The third kappa shape index (κ3) is 4.20. The summed E-state index contributed by atoms with van der Waals surface area (Å²) in [5.41, 5.74) is 2.18. The second-order valence-electron chi connectivity index (χ2n) is 5.91. The molecule has 0 N–H and O–H groups in total. The molecule has 1 aliphatic heterocycles. The summed E-state index contributed by atoms with van der Waals surface area (Å²) < 4.78 is 11.3. The molecule has 27 heavy (non-hydrogen) atoms. The molecule has 2 aromatic rings. The normalized spacial score (nSPS) is 15.4. The number of esters is 1. The van der Waals surface area contributed by atoms with Crippen LogP contribution in [0.5, 0.6) is 11.5 Å². The average molecular weight is 399 g/mol. The van der Waals surface area contributed by atoms with E-state index in [1.54, 1.807) is 49.5 Å². The van der Waals surface area contributed by atoms with E-state index in [9.17, 15) is 9.59 Å². The van der Waals surface area contributed by atoms with E-state index < -0.39 is 5.97 Å². The lowest BCUT2D eigenvalue weighted by Crippen LogP contribution is -2.22. The maximum atomic E-state index is 12.4. The van der Waals surface area contributed by atoms with E-state index in [4.69, 9.17) is 21.7 Å². The van der Waals surface area contributed by atoms with Gasteiger partial charge in [0.25, 0.3) is 5.91 Å². The Balaban J connectivity index is 1.84. The second kappa shape index (κ2) is 7.94. The molecule has 1 saturated heterocycles. The maximum absolute atomic E-state index is 12.4. The number of amides is 1. The van der Waals surface area contributed by atoms with E-state index in [2.05, 4.69) is 0 Å². The number of methoxy groups -OCH3 is 1. The lowest BCUT2D eigenvalue weighted by atomic mass is 10.1. The van der Waals surface area contributed by atoms with E-state index in [1.165, 1.54) is 23.8 Å². The summed E-state index contributed by atoms with van der Waals surface area (Å²) in [4.78, 5) is 26.4. The molecule has 0 atom stereocenters. The Morgan fingerprint density at radius 1 is 1.19 bits per heavy atom. The highest BCUT2D eigenvalue weighted by Crippen LogP contribution is 2.34. The molecule has 0 bridgehead atoms. The molecule has 0 saturated carbocycles. The first-order valence-corrected chi connectivity index (χ1v) is 9.30. The zero-order valence-electron chi connectivity index (χ0n) is 15.0. The van der Waals surface area contributed by atoms with Crippen LogP contribution in [0.15, 0.2) is 47.4 Å². The Morgan fingerprint density at radius 2 is 1.96 bits per heavy atom. The van der Waals surface area contributed by atoms with Gasteiger partial charge >= 0.3 is 5.97 Å². The van der Waals surface area contributed by atoms with Gasteiger partial charge in [-0.05, 0) is 42.8 Å². The molecular weight excluding hydrogens is 382 g/mol. The van der Waals surface area contributed by atoms with E-state index in [0.717, 1.165) is 11.1 Å². The van der Waals surface area contributed by atoms with Crippen molar-refractivity contribution in [1.82, 2.24) is 4.90 Å². The molecule has 3 rings (SSSR count). The fourth-order valence-electron chi connectivity index (χ4n) is 2.49. The zero-order valence-corrected chi connectivity index (χ0v) is 16.6. The molecule has 1 amide bonds. The molecule has 0 radical (unpaired) electrons. The molecule has 1 heterocycles. The summed E-state index contributed by atoms with van der Waals surface area (Å²) in [7, 11) is 3.14. The number of rotatable bonds is 4. The molecule has 0 aromatic heterocycles. The molecule has 0 unspecified atom stereocenters. The molecule has 1 aliphatic rings. The third-order valence-electron chi connectivity index (χ3n) is 3.93. The number of aryl methyl sites for hydroxylation is 1. The maximum Gasteiger partial charge on any atom is 0.343 e. The number of nitrogens with zero attached hydrogens (tertiary/aromatic N) is 1. The minimum Gasteiger partial charge on any atom is -0.493 e. The summed E-state index contributed by atoms with van der Waals surface area (Å²) in [6.45, 7) is 1.91. The zero-order chi connectivity index (χ0) is 19.6. The lowest BCUT2D eigenvalue weighted by molar-refractivity contribution is -0.121. The van der Waals surface area contributed by atoms with Crippen LogP contribution in [0.1, 0.15) is 21.5 Å². The van der Waals surface area contributed by atoms with Crippen molar-refractivity contribution in [1.29, 1.82) is 0 Å². The van der Waals surface area contributed by atoms with Crippen molar-refractivity contribution in [3.05, 3.63) is 64.1 Å². The number of carbonyl (C=O) groups is 2. The SMILES string of the molecule is COc1cc(/C=C2\SC(=S)N(C)C2=O)ccc1OC(=O)c1cccc(C)c1. The first-order chi connectivity index (χ1) is 12.9. The van der Waals surface area contributed by atoms with Crippen LogP contribution in [-0.4, -0.2) is 35.3 Å². The molecule has 0 aliphatic carbocycles. The van der Waals surface area contributed by atoms with Crippen LogP contribution in [0.2, 0.25) is 0 Å². The first kappa shape index (κ1) is 19.1. The fraction of sp³-hybridized carbons (Fsp3) is 0.150. The number of hydrogen-bond acceptors (Lipinski definition) is 6. The van der Waals surface area contributed by atoms with Crippen molar-refractivity contribution in [2.75, 3.05) is 14.2 Å². The van der Waals surface area contributed by atoms with Crippen molar-refractivity contribution >= 4 is 46.3 Å². The van der Waals surface area contributed by atoms with Crippen LogP contribution >= 0.6 is 24.0 Å². The van der Waals surface area contributed by atoms with Gasteiger partial charge in [-0.1, -0.05) is 47.7 Å². The smallest absolute Gasteiger partial charge is 0.343 e. The molecule has 0 spiro atoms. The van der Waals surface area contributed by atoms with Crippen molar-refractivity contribution in [3.63, 3.8) is 0 Å². The highest BCUT2D eigenvalue weighted by molar-refractivity contribution is 8.26. The summed E-state index contributed by atoms with van der Waals surface area (Å²) in [6.07, 6.45) is 1.73. The number of benzene rings is 2. The van der Waals surface area contributed by atoms with Gasteiger partial charge in [-0.2, -0.15) is 0 Å². The Morgan fingerprint density at radius 3 is 2.59 bits per heavy atom. The topological polar surface area (TPSA) is 55.8 Å². The molecule has 5 nitrogen and oxygen atoms in total. The van der Waals surface area contributed by atoms with Gasteiger partial charge in [0.1, 0.15) is 4.32 Å². The van der Waals surface area contributed by atoms with Gasteiger partial charge in [0.2, 0.25) is 0 Å². The van der Waals surface area contributed by atoms with E-state index in [-0.39, 0.29) is 5.91 Å². The Bertz CT molecular complexity index is 968. The molecule has 7 heteroatoms. The third-order valence-corrected chi connectivity index (χ3v) is 5.41. The monoisotopic (exact) mass is 399 g/mol. The Kier molecular flexibility index (Phi) is 5.62. The van der Waals surface area contributed by atoms with Gasteiger partial charge in [-0.3, -0.25) is 9.69 Å². The van der Waals surface area contributed by atoms with Crippen LogP contribution in [0.25, 0.3) is 6.08 Å². The van der Waals surface area contributed by atoms with Crippen molar-refractivity contribution < 1.29 is 19.1 Å². The van der Waals surface area contributed by atoms with Crippen LogP contribution in [0.4, 0.5) is 0 Å². The standard InChI is InChI=1S/C20H17NO4S2/c1-12-5-4-6-14(9-12)19(23)25-15-8-7-13(10-16(15)24-3)11-17-18(22)21(2)20(26)27-17/h4-11H,1-3H3/b17-11-. The summed E-state index contributed by atoms with van der Waals surface area (Å²) >= 11 is 6.38. The van der Waals surface area contributed by atoms with Crippen LogP contribution < -0.4 is 9.47 Å². The van der Waals surface area contributed by atoms with Crippen LogP contribution in [-0.2, 0) is 4.79 Å². The number of thiocarbonyl (C=S) groups is 1. The number of carbonyl (C=O) groups excluding carboxylic acids is 2. The minimum absolute atomic E-state index is 0.140. The highest BCUT2D eigenvalue weighted by atomic mass is 32.2. The lowest BCUT2D eigenvalue weighted by Gasteiger charge is -2.10. The molecular formula is C20H17NO4S2. The summed E-state index contributed by atoms with van der Waals surface area (Å²) in [5, 5.41) is 0. The predicted octanol–water partition coefficient (Wildman–Crippen LogP) is 4.05. The van der Waals surface area contributed by atoms with Gasteiger partial charge in [0, 0.05) is 7.05 Å². The molecule has 2 aromatic carbocycles. The number of likely N-dealkylation sites (N-methyl/N-ethyl adjacent to an activating group) is 1. The van der Waals surface area contributed by atoms with Crippen molar-refractivity contribution in [2.24, 2.45) is 0 Å². The first-order valence-electron chi connectivity index (χ1n) is 8.07. The summed E-state index contributed by atoms with van der Waals surface area (Å²) in [5.74, 6) is 0.108. The largest absolute Gasteiger partial charge is 0.493 e. The molecule has 138 valence electrons. The van der Waals surface area contributed by atoms with Crippen LogP contribution in [0.3, 0.4) is 0 Å². The fourth-order valence-corrected chi connectivity index (χ4v) is 3.67. The van der Waals surface area contributed by atoms with E-state index in [0.29, 0.717) is 26.3 Å². The Hall–Kier alpha value is -2.64. The summed E-state index contributed by atoms with van der Waals surface area (Å²) in [6, 6.07) is 12.3. The number of thioether (sulfide) groups is 1. The average Bonchev–Trinajstić information content (AvgIpc) is 2.89. The second-order valence-corrected chi connectivity index (χ2v) is 7.59. The molecule has 1 fully saturated rings. The van der Waals surface area contributed by atoms with Crippen molar-refractivity contribution in [2.45, 2.75) is 6.92 Å². The van der Waals surface area contributed by atoms with Crippen molar-refractivity contribution in [3.8, 4) is 11.5 Å². The Labute approximate surface area is 167 Å². The van der Waals surface area contributed by atoms with Gasteiger partial charge in [0.15, 0.2) is 11.5 Å². The highest BCUT2D eigenvalue weighted by Gasteiger charge is 2.28. The number of ether oxygens (including phenoxy) is 2. The van der Waals surface area contributed by atoms with Crippen LogP contribution in [0, 0.1) is 6.92 Å². The van der Waals surface area contributed by atoms with Gasteiger partial charge in [-0.15, -0.1) is 0 Å².